The molecule has 0 aliphatic heterocycles. The van der Waals surface area contributed by atoms with Gasteiger partial charge in [-0.2, -0.15) is 0 Å². The van der Waals surface area contributed by atoms with Crippen molar-refractivity contribution >= 4 is 21.8 Å². The Hall–Kier alpha value is -5.87. The Morgan fingerprint density at radius 2 is 0.860 bits per heavy atom. The van der Waals surface area contributed by atoms with Gasteiger partial charge < -0.3 is 4.57 Å². The van der Waals surface area contributed by atoms with Gasteiger partial charge in [-0.15, -0.1) is 0 Å². The maximum absolute atomic E-state index is 8.95. The molecule has 0 saturated carbocycles. The van der Waals surface area contributed by atoms with Crippen LogP contribution < -0.4 is 0 Å². The topological polar surface area (TPSA) is 43.6 Å². The summed E-state index contributed by atoms with van der Waals surface area (Å²) in [5.41, 5.74) is 6.20. The fourth-order valence-corrected chi connectivity index (χ4v) is 5.52. The van der Waals surface area contributed by atoms with Gasteiger partial charge in [-0.3, -0.25) is 0 Å². The van der Waals surface area contributed by atoms with E-state index < -0.39 is 0 Å². The van der Waals surface area contributed by atoms with Gasteiger partial charge in [-0.1, -0.05) is 127 Å². The first kappa shape index (κ1) is 20.9. The molecule has 0 radical (unpaired) electrons. The molecule has 0 bridgehead atoms. The number of hydrogen-bond acceptors (Lipinski definition) is 3. The van der Waals surface area contributed by atoms with Crippen molar-refractivity contribution in [2.45, 2.75) is 0 Å². The SMILES string of the molecule is [2H]c1cc([2H])c2c(c1)c1cc([2H])cc([2H])c1n2-c1cc(-c2ccccc2)cc(-c2nc(-c3ccccc3)nc(-c3ccccc3)n2)c1. The van der Waals surface area contributed by atoms with E-state index in [9.17, 15) is 0 Å². The molecule has 0 atom stereocenters. The molecule has 6 aromatic carbocycles. The number of hydrogen-bond donors (Lipinski definition) is 0. The average molecular weight is 555 g/mol. The Bertz CT molecular complexity index is 2320. The quantitative estimate of drug-likeness (QED) is 0.213. The summed E-state index contributed by atoms with van der Waals surface area (Å²) in [7, 11) is 0. The fourth-order valence-electron chi connectivity index (χ4n) is 5.52. The smallest absolute Gasteiger partial charge is 0.164 e. The van der Waals surface area contributed by atoms with Crippen LogP contribution in [0.2, 0.25) is 0 Å². The van der Waals surface area contributed by atoms with Crippen LogP contribution >= 0.6 is 0 Å². The van der Waals surface area contributed by atoms with Crippen LogP contribution in [0.1, 0.15) is 5.48 Å². The number of rotatable bonds is 5. The predicted octanol–water partition coefficient (Wildman–Crippen LogP) is 9.64. The predicted molar refractivity (Wildman–Crippen MR) is 176 cm³/mol. The number of fused-ring (bicyclic) bond motifs is 3. The van der Waals surface area contributed by atoms with Crippen LogP contribution in [0, 0.1) is 0 Å². The fraction of sp³-hybridized carbons (Fsp3) is 0. The van der Waals surface area contributed by atoms with Crippen LogP contribution in [0.5, 0.6) is 0 Å². The number of para-hydroxylation sites is 2. The van der Waals surface area contributed by atoms with E-state index in [2.05, 4.69) is 6.07 Å². The Morgan fingerprint density at radius 1 is 0.419 bits per heavy atom. The third kappa shape index (κ3) is 4.55. The molecule has 0 spiro atoms. The van der Waals surface area contributed by atoms with E-state index in [1.807, 2.05) is 108 Å². The maximum Gasteiger partial charge on any atom is 0.164 e. The summed E-state index contributed by atoms with van der Waals surface area (Å²) >= 11 is 0. The molecule has 8 rings (SSSR count). The lowest BCUT2D eigenvalue weighted by molar-refractivity contribution is 1.07. The lowest BCUT2D eigenvalue weighted by Crippen LogP contribution is -2.01. The standard InChI is InChI=1S/C39H26N4/c1-4-14-27(15-5-1)30-24-31(26-32(25-30)43-35-22-12-10-20-33(35)34-21-11-13-23-36(34)43)39-41-37(28-16-6-2-7-17-28)40-38(42-39)29-18-8-3-9-19-29/h1-26H/i10D,11D,22D,23D. The summed E-state index contributed by atoms with van der Waals surface area (Å²) < 4.78 is 36.5. The molecule has 8 aromatic rings. The minimum atomic E-state index is 0.166. The molecule has 4 nitrogen and oxygen atoms in total. The van der Waals surface area contributed by atoms with E-state index in [0.717, 1.165) is 27.8 Å². The van der Waals surface area contributed by atoms with E-state index >= 15 is 0 Å². The molecule has 0 fully saturated rings. The highest BCUT2D eigenvalue weighted by molar-refractivity contribution is 6.09. The molecule has 2 aromatic heterocycles. The summed E-state index contributed by atoms with van der Waals surface area (Å²) in [6.07, 6.45) is 0. The molecule has 4 heteroatoms. The van der Waals surface area contributed by atoms with E-state index in [1.165, 1.54) is 12.1 Å². The third-order valence-electron chi connectivity index (χ3n) is 7.53. The van der Waals surface area contributed by atoms with Gasteiger partial charge in [0.1, 0.15) is 0 Å². The van der Waals surface area contributed by atoms with Gasteiger partial charge in [-0.25, -0.2) is 15.0 Å². The Labute approximate surface area is 255 Å². The lowest BCUT2D eigenvalue weighted by Gasteiger charge is -2.14. The molecule has 0 aliphatic rings. The van der Waals surface area contributed by atoms with E-state index in [-0.39, 0.29) is 24.2 Å². The highest BCUT2D eigenvalue weighted by Crippen LogP contribution is 2.36. The zero-order valence-corrected chi connectivity index (χ0v) is 23.0. The van der Waals surface area contributed by atoms with Crippen molar-refractivity contribution < 1.29 is 5.48 Å². The van der Waals surface area contributed by atoms with Gasteiger partial charge in [0.05, 0.1) is 16.5 Å². The van der Waals surface area contributed by atoms with Crippen LogP contribution in [-0.4, -0.2) is 19.5 Å². The summed E-state index contributed by atoms with van der Waals surface area (Å²) in [5, 5.41) is 1.31. The molecule has 0 aliphatic carbocycles. The molecule has 2 heterocycles. The second-order valence-corrected chi connectivity index (χ2v) is 10.2. The van der Waals surface area contributed by atoms with Gasteiger partial charge in [0, 0.05) is 33.2 Å². The molecule has 0 N–H and O–H groups in total. The van der Waals surface area contributed by atoms with Gasteiger partial charge >= 0.3 is 0 Å². The van der Waals surface area contributed by atoms with Crippen molar-refractivity contribution in [1.29, 1.82) is 0 Å². The van der Waals surface area contributed by atoms with Crippen LogP contribution in [0.3, 0.4) is 0 Å². The van der Waals surface area contributed by atoms with Gasteiger partial charge in [0.2, 0.25) is 0 Å². The molecule has 202 valence electrons. The van der Waals surface area contributed by atoms with Crippen LogP contribution in [-0.2, 0) is 0 Å². The van der Waals surface area contributed by atoms with Crippen molar-refractivity contribution in [3.05, 3.63) is 158 Å². The number of benzene rings is 6. The van der Waals surface area contributed by atoms with Crippen LogP contribution in [0.25, 0.3) is 72.8 Å². The lowest BCUT2D eigenvalue weighted by atomic mass is 10.0. The van der Waals surface area contributed by atoms with Gasteiger partial charge in [0.25, 0.3) is 0 Å². The zero-order chi connectivity index (χ0) is 32.1. The summed E-state index contributed by atoms with van der Waals surface area (Å²) in [6, 6.07) is 42.9. The van der Waals surface area contributed by atoms with Gasteiger partial charge in [-0.05, 0) is 41.4 Å². The first-order chi connectivity index (χ1) is 22.9. The Balaban J connectivity index is 1.46. The summed E-state index contributed by atoms with van der Waals surface area (Å²) in [5.74, 6) is 1.58. The van der Waals surface area contributed by atoms with Gasteiger partial charge in [0.15, 0.2) is 17.5 Å². The Morgan fingerprint density at radius 3 is 1.37 bits per heavy atom. The van der Waals surface area contributed by atoms with Crippen molar-refractivity contribution in [1.82, 2.24) is 19.5 Å². The summed E-state index contributed by atoms with van der Waals surface area (Å²) in [6.45, 7) is 0. The number of aromatic nitrogens is 4. The molecular weight excluding hydrogens is 524 g/mol. The van der Waals surface area contributed by atoms with Crippen molar-refractivity contribution in [2.75, 3.05) is 0 Å². The second-order valence-electron chi connectivity index (χ2n) is 10.2. The highest BCUT2D eigenvalue weighted by atomic mass is 15.0. The third-order valence-corrected chi connectivity index (χ3v) is 7.53. The number of nitrogens with zero attached hydrogens (tertiary/aromatic N) is 4. The van der Waals surface area contributed by atoms with E-state index in [4.69, 9.17) is 20.4 Å². The first-order valence-corrected chi connectivity index (χ1v) is 14.0. The largest absolute Gasteiger partial charge is 0.309 e. The van der Waals surface area contributed by atoms with Crippen LogP contribution in [0.4, 0.5) is 0 Å². The highest BCUT2D eigenvalue weighted by Gasteiger charge is 2.17. The van der Waals surface area contributed by atoms with E-state index in [0.29, 0.717) is 45.0 Å². The average Bonchev–Trinajstić information content (AvgIpc) is 3.43. The van der Waals surface area contributed by atoms with Crippen molar-refractivity contribution in [3.63, 3.8) is 0 Å². The molecular formula is C39H26N4. The Kier molecular flexibility index (Phi) is 5.11. The van der Waals surface area contributed by atoms with Crippen molar-refractivity contribution in [2.24, 2.45) is 0 Å². The van der Waals surface area contributed by atoms with Crippen molar-refractivity contribution in [3.8, 4) is 51.0 Å². The normalized spacial score (nSPS) is 12.6. The molecule has 0 amide bonds. The summed E-state index contributed by atoms with van der Waals surface area (Å²) in [4.78, 5) is 14.8. The molecule has 0 saturated heterocycles. The minimum absolute atomic E-state index is 0.166. The molecule has 0 unspecified atom stereocenters. The minimum Gasteiger partial charge on any atom is -0.309 e. The van der Waals surface area contributed by atoms with Crippen LogP contribution in [0.15, 0.2) is 158 Å². The monoisotopic (exact) mass is 554 g/mol. The first-order valence-electron chi connectivity index (χ1n) is 16.0. The molecule has 43 heavy (non-hydrogen) atoms. The maximum atomic E-state index is 8.95. The second kappa shape index (κ2) is 10.5. The van der Waals surface area contributed by atoms with E-state index in [1.54, 1.807) is 12.1 Å². The zero-order valence-electron chi connectivity index (χ0n) is 27.0.